The van der Waals surface area contributed by atoms with Gasteiger partial charge in [0.25, 0.3) is 5.91 Å². The fourth-order valence-electron chi connectivity index (χ4n) is 2.67. The largest absolute Gasteiger partial charge is 0.340 e. The van der Waals surface area contributed by atoms with Crippen LogP contribution in [0.15, 0.2) is 53.9 Å². The number of carbonyl (C=O) groups is 2. The van der Waals surface area contributed by atoms with Gasteiger partial charge < -0.3 is 10.6 Å². The minimum absolute atomic E-state index is 0.126. The number of thiazole rings is 1. The van der Waals surface area contributed by atoms with E-state index in [9.17, 15) is 18.4 Å². The van der Waals surface area contributed by atoms with Gasteiger partial charge in [0.2, 0.25) is 5.91 Å². The lowest BCUT2D eigenvalue weighted by Crippen LogP contribution is -2.47. The van der Waals surface area contributed by atoms with E-state index in [1.165, 1.54) is 41.7 Å². The zero-order valence-electron chi connectivity index (χ0n) is 15.8. The molecule has 2 N–H and O–H groups in total. The lowest BCUT2D eigenvalue weighted by molar-refractivity contribution is -0.118. The molecule has 3 aromatic rings. The smallest absolute Gasteiger partial charge is 0.254 e. The Kier molecular flexibility index (Phi) is 6.33. The summed E-state index contributed by atoms with van der Waals surface area (Å²) >= 11 is 1.21. The topological polar surface area (TPSA) is 71.1 Å². The van der Waals surface area contributed by atoms with Crippen LogP contribution in [0.25, 0.3) is 11.3 Å². The van der Waals surface area contributed by atoms with Crippen LogP contribution in [0.1, 0.15) is 24.2 Å². The zero-order chi connectivity index (χ0) is 21.0. The SMILES string of the molecule is CC(C)[C@H](NC(=O)c1ccccc1F)C(=O)Nc1nc(-c2ccc(F)cc2)cs1. The number of rotatable bonds is 6. The highest BCUT2D eigenvalue weighted by Crippen LogP contribution is 2.25. The van der Waals surface area contributed by atoms with E-state index in [0.717, 1.165) is 5.56 Å². The summed E-state index contributed by atoms with van der Waals surface area (Å²) in [5, 5.41) is 7.35. The molecule has 0 aliphatic carbocycles. The Bertz CT molecular complexity index is 1020. The fraction of sp³-hybridized carbons (Fsp3) is 0.190. The van der Waals surface area contributed by atoms with Crippen molar-refractivity contribution in [3.63, 3.8) is 0 Å². The molecule has 1 heterocycles. The van der Waals surface area contributed by atoms with Gasteiger partial charge in [-0.1, -0.05) is 26.0 Å². The maximum atomic E-state index is 13.8. The van der Waals surface area contributed by atoms with E-state index in [0.29, 0.717) is 10.8 Å². The van der Waals surface area contributed by atoms with Gasteiger partial charge >= 0.3 is 0 Å². The molecule has 2 aromatic carbocycles. The van der Waals surface area contributed by atoms with Gasteiger partial charge in [0.05, 0.1) is 11.3 Å². The van der Waals surface area contributed by atoms with Gasteiger partial charge in [-0.15, -0.1) is 11.3 Å². The molecule has 1 atom stereocenters. The van der Waals surface area contributed by atoms with E-state index in [4.69, 9.17) is 0 Å². The molecule has 0 unspecified atom stereocenters. The summed E-state index contributed by atoms with van der Waals surface area (Å²) in [7, 11) is 0. The number of anilines is 1. The quantitative estimate of drug-likeness (QED) is 0.624. The molecule has 1 aromatic heterocycles. The van der Waals surface area contributed by atoms with Crippen molar-refractivity contribution in [2.45, 2.75) is 19.9 Å². The van der Waals surface area contributed by atoms with Crippen LogP contribution in [0.2, 0.25) is 0 Å². The Morgan fingerprint density at radius 1 is 1.03 bits per heavy atom. The molecule has 29 heavy (non-hydrogen) atoms. The fourth-order valence-corrected chi connectivity index (χ4v) is 3.39. The maximum absolute atomic E-state index is 13.8. The second-order valence-corrected chi connectivity index (χ2v) is 7.57. The third-order valence-electron chi connectivity index (χ3n) is 4.23. The summed E-state index contributed by atoms with van der Waals surface area (Å²) in [5.41, 5.74) is 1.19. The predicted molar refractivity (Wildman–Crippen MR) is 109 cm³/mol. The molecule has 0 spiro atoms. The maximum Gasteiger partial charge on any atom is 0.254 e. The Labute approximate surface area is 170 Å². The number of amides is 2. The highest BCUT2D eigenvalue weighted by atomic mass is 32.1. The lowest BCUT2D eigenvalue weighted by atomic mass is 10.0. The summed E-state index contributed by atoms with van der Waals surface area (Å²) < 4.78 is 26.9. The Hall–Kier alpha value is -3.13. The average molecular weight is 415 g/mol. The molecule has 0 aliphatic rings. The number of hydrogen-bond donors (Lipinski definition) is 2. The first kappa shape index (κ1) is 20.6. The van der Waals surface area contributed by atoms with Crippen molar-refractivity contribution in [3.05, 3.63) is 71.1 Å². The number of benzene rings is 2. The van der Waals surface area contributed by atoms with Crippen LogP contribution in [-0.4, -0.2) is 22.8 Å². The summed E-state index contributed by atoms with van der Waals surface area (Å²) in [6.07, 6.45) is 0. The van der Waals surface area contributed by atoms with Gasteiger partial charge in [0.15, 0.2) is 5.13 Å². The van der Waals surface area contributed by atoms with Gasteiger partial charge in [-0.2, -0.15) is 0 Å². The first-order valence-corrected chi connectivity index (χ1v) is 9.81. The molecular formula is C21H19F2N3O2S. The molecule has 2 amide bonds. The van der Waals surface area contributed by atoms with E-state index < -0.39 is 23.7 Å². The average Bonchev–Trinajstić information content (AvgIpc) is 3.14. The second-order valence-electron chi connectivity index (χ2n) is 6.71. The lowest BCUT2D eigenvalue weighted by Gasteiger charge is -2.21. The molecule has 0 saturated heterocycles. The van der Waals surface area contributed by atoms with Crippen LogP contribution in [0, 0.1) is 17.6 Å². The molecule has 0 fully saturated rings. The summed E-state index contributed by atoms with van der Waals surface area (Å²) in [4.78, 5) is 29.4. The molecular weight excluding hydrogens is 396 g/mol. The van der Waals surface area contributed by atoms with Crippen molar-refractivity contribution in [3.8, 4) is 11.3 Å². The van der Waals surface area contributed by atoms with Crippen molar-refractivity contribution in [2.75, 3.05) is 5.32 Å². The van der Waals surface area contributed by atoms with Crippen LogP contribution in [-0.2, 0) is 4.79 Å². The standard InChI is InChI=1S/C21H19F2N3O2S/c1-12(2)18(25-19(27)15-5-3-4-6-16(15)23)20(28)26-21-24-17(11-29-21)13-7-9-14(22)10-8-13/h3-12,18H,1-2H3,(H,25,27)(H,24,26,28)/t18-/m0/s1. The van der Waals surface area contributed by atoms with Crippen molar-refractivity contribution < 1.29 is 18.4 Å². The Balaban J connectivity index is 1.71. The summed E-state index contributed by atoms with van der Waals surface area (Å²) in [6.45, 7) is 3.55. The molecule has 0 radical (unpaired) electrons. The van der Waals surface area contributed by atoms with Crippen LogP contribution < -0.4 is 10.6 Å². The third-order valence-corrected chi connectivity index (χ3v) is 4.99. The zero-order valence-corrected chi connectivity index (χ0v) is 16.6. The Morgan fingerprint density at radius 3 is 2.38 bits per heavy atom. The number of nitrogens with one attached hydrogen (secondary N) is 2. The molecule has 0 bridgehead atoms. The highest BCUT2D eigenvalue weighted by molar-refractivity contribution is 7.14. The molecule has 5 nitrogen and oxygen atoms in total. The van der Waals surface area contributed by atoms with Gasteiger partial charge in [0.1, 0.15) is 17.7 Å². The van der Waals surface area contributed by atoms with Crippen molar-refractivity contribution >= 4 is 28.3 Å². The predicted octanol–water partition coefficient (Wildman–Crippen LogP) is 4.48. The number of aromatic nitrogens is 1. The molecule has 3 rings (SSSR count). The Morgan fingerprint density at radius 2 is 1.72 bits per heavy atom. The van der Waals surface area contributed by atoms with Gasteiger partial charge in [0, 0.05) is 10.9 Å². The third kappa shape index (κ3) is 5.03. The first-order valence-electron chi connectivity index (χ1n) is 8.93. The number of hydrogen-bond acceptors (Lipinski definition) is 4. The molecule has 0 aliphatic heterocycles. The number of halogens is 2. The monoisotopic (exact) mass is 415 g/mol. The van der Waals surface area contributed by atoms with Gasteiger partial charge in [-0.25, -0.2) is 13.8 Å². The minimum Gasteiger partial charge on any atom is -0.340 e. The summed E-state index contributed by atoms with van der Waals surface area (Å²) in [6, 6.07) is 10.6. The van der Waals surface area contributed by atoms with E-state index in [1.54, 1.807) is 37.4 Å². The van der Waals surface area contributed by atoms with Crippen molar-refractivity contribution in [1.82, 2.24) is 10.3 Å². The number of carbonyl (C=O) groups excluding carboxylic acids is 2. The van der Waals surface area contributed by atoms with Crippen LogP contribution >= 0.6 is 11.3 Å². The number of nitrogens with zero attached hydrogens (tertiary/aromatic N) is 1. The normalized spacial score (nSPS) is 11.9. The van der Waals surface area contributed by atoms with Crippen LogP contribution in [0.4, 0.5) is 13.9 Å². The highest BCUT2D eigenvalue weighted by Gasteiger charge is 2.26. The van der Waals surface area contributed by atoms with Crippen LogP contribution in [0.5, 0.6) is 0 Å². The van der Waals surface area contributed by atoms with E-state index >= 15 is 0 Å². The molecule has 150 valence electrons. The van der Waals surface area contributed by atoms with Crippen molar-refractivity contribution in [1.29, 1.82) is 0 Å². The summed E-state index contributed by atoms with van der Waals surface area (Å²) in [5.74, 6) is -2.35. The molecule has 8 heteroatoms. The first-order chi connectivity index (χ1) is 13.8. The van der Waals surface area contributed by atoms with E-state index in [2.05, 4.69) is 15.6 Å². The van der Waals surface area contributed by atoms with Gasteiger partial charge in [-0.3, -0.25) is 9.59 Å². The van der Waals surface area contributed by atoms with Gasteiger partial charge in [-0.05, 0) is 42.3 Å². The molecule has 0 saturated carbocycles. The van der Waals surface area contributed by atoms with Crippen molar-refractivity contribution in [2.24, 2.45) is 5.92 Å². The van der Waals surface area contributed by atoms with E-state index in [1.807, 2.05) is 0 Å². The van der Waals surface area contributed by atoms with Crippen LogP contribution in [0.3, 0.4) is 0 Å². The minimum atomic E-state index is -0.875. The second kappa shape index (κ2) is 8.91. The van der Waals surface area contributed by atoms with E-state index in [-0.39, 0.29) is 17.3 Å².